The fourth-order valence-electron chi connectivity index (χ4n) is 2.12. The molecule has 2 amide bonds. The van der Waals surface area contributed by atoms with Crippen molar-refractivity contribution in [2.75, 3.05) is 0 Å². The third-order valence-corrected chi connectivity index (χ3v) is 3.20. The number of alkyl halides is 1. The van der Waals surface area contributed by atoms with Crippen molar-refractivity contribution in [3.05, 3.63) is 0 Å². The van der Waals surface area contributed by atoms with Crippen molar-refractivity contribution in [1.29, 1.82) is 0 Å². The molecule has 0 aliphatic carbocycles. The number of carbonyl (C=O) groups is 1. The van der Waals surface area contributed by atoms with Crippen LogP contribution in [0.25, 0.3) is 0 Å². The van der Waals surface area contributed by atoms with E-state index in [1.807, 2.05) is 5.32 Å². The number of terminal acetylenes is 1. The van der Waals surface area contributed by atoms with Gasteiger partial charge in [0, 0.05) is 0 Å². The number of nitrogens with zero attached hydrogens (tertiary/aromatic N) is 2. The Kier molecular flexibility index (Phi) is 3.66. The van der Waals surface area contributed by atoms with Crippen LogP contribution in [0, 0.1) is 12.3 Å². The Morgan fingerprint density at radius 1 is 1.70 bits per heavy atom. The molecule has 2 aliphatic heterocycles. The highest BCUT2D eigenvalue weighted by Crippen LogP contribution is 2.37. The molecule has 2 heterocycles. The summed E-state index contributed by atoms with van der Waals surface area (Å²) in [6.45, 7) is 1.30. The molecule has 110 valence electrons. The van der Waals surface area contributed by atoms with Crippen LogP contribution < -0.4 is 5.32 Å². The molecule has 9 heteroatoms. The number of amides is 2. The van der Waals surface area contributed by atoms with Crippen molar-refractivity contribution in [2.45, 2.75) is 43.5 Å². The van der Waals surface area contributed by atoms with Crippen molar-refractivity contribution in [3.8, 4) is 12.3 Å². The van der Waals surface area contributed by atoms with Crippen LogP contribution >= 0.6 is 0 Å². The van der Waals surface area contributed by atoms with Crippen LogP contribution in [0.5, 0.6) is 0 Å². The molecule has 0 bridgehead atoms. The molecule has 4 N–H and O–H groups in total. The van der Waals surface area contributed by atoms with Crippen LogP contribution in [-0.2, 0) is 4.74 Å². The van der Waals surface area contributed by atoms with E-state index in [4.69, 9.17) is 11.2 Å². The molecular formula is C11H14FN3O5. The zero-order valence-corrected chi connectivity index (χ0v) is 10.5. The number of hydrogen-bond donors (Lipinski definition) is 4. The van der Waals surface area contributed by atoms with Gasteiger partial charge in [0.1, 0.15) is 18.5 Å². The van der Waals surface area contributed by atoms with Gasteiger partial charge < -0.3 is 20.1 Å². The van der Waals surface area contributed by atoms with Gasteiger partial charge in [0.05, 0.1) is 6.10 Å². The molecule has 1 saturated heterocycles. The van der Waals surface area contributed by atoms with Crippen molar-refractivity contribution in [2.24, 2.45) is 4.99 Å². The molecule has 1 fully saturated rings. The number of rotatable bonds is 2. The maximum Gasteiger partial charge on any atom is 0.345 e. The number of aliphatic imine (C=N–C) groups is 1. The second-order valence-electron chi connectivity index (χ2n) is 4.57. The highest BCUT2D eigenvalue weighted by molar-refractivity contribution is 5.85. The van der Waals surface area contributed by atoms with Crippen LogP contribution in [0.15, 0.2) is 4.99 Å². The number of ether oxygens (including phenoxy) is 1. The number of urea groups is 1. The smallest absolute Gasteiger partial charge is 0.345 e. The zero-order valence-electron chi connectivity index (χ0n) is 10.5. The van der Waals surface area contributed by atoms with Gasteiger partial charge in [-0.15, -0.1) is 6.42 Å². The summed E-state index contributed by atoms with van der Waals surface area (Å²) in [5.74, 6) is 1.77. The monoisotopic (exact) mass is 287 g/mol. The molecule has 0 saturated carbocycles. The molecule has 2 unspecified atom stereocenters. The van der Waals surface area contributed by atoms with Crippen molar-refractivity contribution in [1.82, 2.24) is 10.2 Å². The molecule has 8 nitrogen and oxygen atoms in total. The van der Waals surface area contributed by atoms with E-state index < -0.39 is 42.6 Å². The summed E-state index contributed by atoms with van der Waals surface area (Å²) in [6.07, 6.45) is -1.53. The van der Waals surface area contributed by atoms with Crippen molar-refractivity contribution < 1.29 is 29.2 Å². The lowest BCUT2D eigenvalue weighted by Crippen LogP contribution is -2.60. The van der Waals surface area contributed by atoms with E-state index in [-0.39, 0.29) is 0 Å². The molecule has 0 aromatic rings. The third-order valence-electron chi connectivity index (χ3n) is 3.20. The number of hydrogen-bond acceptors (Lipinski definition) is 6. The van der Waals surface area contributed by atoms with Gasteiger partial charge in [-0.25, -0.2) is 9.18 Å². The van der Waals surface area contributed by atoms with Crippen LogP contribution in [0.2, 0.25) is 0 Å². The lowest BCUT2D eigenvalue weighted by atomic mass is 9.94. The summed E-state index contributed by atoms with van der Waals surface area (Å²) in [6, 6.07) is -0.815. The topological polar surface area (TPSA) is 115 Å². The predicted molar refractivity (Wildman–Crippen MR) is 63.9 cm³/mol. The fourth-order valence-corrected chi connectivity index (χ4v) is 2.12. The maximum absolute atomic E-state index is 14.7. The summed E-state index contributed by atoms with van der Waals surface area (Å²) in [5.41, 5.74) is -2.68. The highest BCUT2D eigenvalue weighted by Gasteiger charge is 2.60. The van der Waals surface area contributed by atoms with Crippen molar-refractivity contribution >= 4 is 12.4 Å². The molecular weight excluding hydrogens is 273 g/mol. The SMILES string of the molecule is C#CC1(F)[C@@H](O)[C@@H]([C@H](C)O)O[C@H]1N1C=NC(=O)NC1O. The van der Waals surface area contributed by atoms with E-state index in [9.17, 15) is 24.5 Å². The predicted octanol–water partition coefficient (Wildman–Crippen LogP) is -1.88. The Balaban J connectivity index is 2.33. The first-order valence-corrected chi connectivity index (χ1v) is 5.79. The normalized spacial score (nSPS) is 42.2. The van der Waals surface area contributed by atoms with E-state index in [0.717, 1.165) is 11.2 Å². The molecule has 0 radical (unpaired) electrons. The highest BCUT2D eigenvalue weighted by atomic mass is 19.1. The van der Waals surface area contributed by atoms with Crippen LogP contribution in [-0.4, -0.2) is 69.1 Å². The lowest BCUT2D eigenvalue weighted by Gasteiger charge is -2.36. The largest absolute Gasteiger partial charge is 0.391 e. The fraction of sp³-hybridized carbons (Fsp3) is 0.636. The van der Waals surface area contributed by atoms with Gasteiger partial charge >= 0.3 is 6.03 Å². The average Bonchev–Trinajstić information content (AvgIpc) is 2.64. The van der Waals surface area contributed by atoms with Crippen LogP contribution in [0.1, 0.15) is 6.92 Å². The second-order valence-corrected chi connectivity index (χ2v) is 4.57. The van der Waals surface area contributed by atoms with Gasteiger partial charge in [-0.1, -0.05) is 5.92 Å². The summed E-state index contributed by atoms with van der Waals surface area (Å²) < 4.78 is 19.9. The van der Waals surface area contributed by atoms with E-state index in [1.165, 1.54) is 6.92 Å². The van der Waals surface area contributed by atoms with Gasteiger partial charge in [-0.2, -0.15) is 4.99 Å². The number of nitrogens with one attached hydrogen (secondary N) is 1. The molecule has 6 atom stereocenters. The molecule has 0 aromatic heterocycles. The molecule has 2 aliphatic rings. The summed E-state index contributed by atoms with van der Waals surface area (Å²) >= 11 is 0. The number of carbonyl (C=O) groups excluding carboxylic acids is 1. The Labute approximate surface area is 113 Å². The molecule has 20 heavy (non-hydrogen) atoms. The number of aliphatic hydroxyl groups is 3. The lowest BCUT2D eigenvalue weighted by molar-refractivity contribution is -0.134. The Bertz CT molecular complexity index is 479. The van der Waals surface area contributed by atoms with E-state index in [0.29, 0.717) is 0 Å². The minimum Gasteiger partial charge on any atom is -0.391 e. The minimum absolute atomic E-state index is 0.812. The van der Waals surface area contributed by atoms with Gasteiger partial charge in [0.2, 0.25) is 12.0 Å². The maximum atomic E-state index is 14.7. The van der Waals surface area contributed by atoms with Crippen LogP contribution in [0.4, 0.5) is 9.18 Å². The molecule has 2 rings (SSSR count). The Morgan fingerprint density at radius 2 is 2.35 bits per heavy atom. The summed E-state index contributed by atoms with van der Waals surface area (Å²) in [5, 5.41) is 31.0. The first-order chi connectivity index (χ1) is 9.31. The standard InChI is InChI=1S/C11H14FN3O5/c1-3-11(12)7(17)6(5(2)16)20-8(11)15-4-13-9(18)14-10(15)19/h1,4-8,10,16-17,19H,2H3,(H,14,18)/t5-,6+,7-,8+,10?,11?/m0/s1. The summed E-state index contributed by atoms with van der Waals surface area (Å²) in [7, 11) is 0. The second kappa shape index (κ2) is 4.99. The Morgan fingerprint density at radius 3 is 2.85 bits per heavy atom. The third kappa shape index (κ3) is 2.12. The quantitative estimate of drug-likeness (QED) is 0.442. The van der Waals surface area contributed by atoms with E-state index >= 15 is 0 Å². The van der Waals surface area contributed by atoms with Gasteiger partial charge in [-0.05, 0) is 6.92 Å². The minimum atomic E-state index is -2.68. The number of halogens is 1. The Hall–Kier alpha value is -1.73. The van der Waals surface area contributed by atoms with Gasteiger partial charge in [0.15, 0.2) is 6.23 Å². The number of aliphatic hydroxyl groups excluding tert-OH is 3. The van der Waals surface area contributed by atoms with Gasteiger partial charge in [-0.3, -0.25) is 10.2 Å². The zero-order chi connectivity index (χ0) is 15.1. The first-order valence-electron chi connectivity index (χ1n) is 5.79. The van der Waals surface area contributed by atoms with Gasteiger partial charge in [0.25, 0.3) is 0 Å². The van der Waals surface area contributed by atoms with E-state index in [2.05, 4.69) is 4.99 Å². The molecule has 0 aromatic carbocycles. The molecule has 0 spiro atoms. The van der Waals surface area contributed by atoms with Crippen molar-refractivity contribution in [3.63, 3.8) is 0 Å². The average molecular weight is 287 g/mol. The van der Waals surface area contributed by atoms with Crippen LogP contribution in [0.3, 0.4) is 0 Å². The summed E-state index contributed by atoms with van der Waals surface area (Å²) in [4.78, 5) is 15.1. The van der Waals surface area contributed by atoms with E-state index in [1.54, 1.807) is 5.92 Å². The first kappa shape index (κ1) is 14.7.